The van der Waals surface area contributed by atoms with E-state index < -0.39 is 5.97 Å². The minimum Gasteiger partial charge on any atom is -0.455 e. The van der Waals surface area contributed by atoms with Crippen LogP contribution in [0.25, 0.3) is 0 Å². The first kappa shape index (κ1) is 16.2. The molecule has 1 aromatic heterocycles. The number of carbonyl (C=O) groups excluding carboxylic acids is 2. The zero-order valence-electron chi connectivity index (χ0n) is 12.8. The normalized spacial score (nSPS) is 10.7. The number of rotatable bonds is 6. The van der Waals surface area contributed by atoms with Crippen molar-refractivity contribution in [2.24, 2.45) is 5.92 Å². The van der Waals surface area contributed by atoms with Gasteiger partial charge in [0.2, 0.25) is 0 Å². The molecule has 112 valence electrons. The Balaban J connectivity index is 2.70. The van der Waals surface area contributed by atoms with Crippen molar-refractivity contribution >= 4 is 11.9 Å². The smallest absolute Gasteiger partial charge is 0.310 e. The summed E-state index contributed by atoms with van der Waals surface area (Å²) in [5.74, 6) is -0.243. The van der Waals surface area contributed by atoms with Crippen LogP contribution in [0.1, 0.15) is 30.8 Å². The Morgan fingerprint density at radius 3 is 2.55 bits per heavy atom. The molecule has 0 atom stereocenters. The number of likely N-dealkylation sites (N-methyl/N-ethyl adjacent to an activating group) is 1. The van der Waals surface area contributed by atoms with Gasteiger partial charge in [0.15, 0.2) is 6.61 Å². The topological polar surface area (TPSA) is 73.2 Å². The number of nitrogens with one attached hydrogen (secondary N) is 1. The summed E-state index contributed by atoms with van der Waals surface area (Å²) in [6.45, 7) is 8.64. The lowest BCUT2D eigenvalue weighted by Crippen LogP contribution is -2.25. The highest BCUT2D eigenvalue weighted by Crippen LogP contribution is 2.15. The molecule has 1 N–H and O–H groups in total. The Labute approximate surface area is 119 Å². The summed E-state index contributed by atoms with van der Waals surface area (Å²) < 4.78 is 6.83. The molecule has 6 heteroatoms. The van der Waals surface area contributed by atoms with Crippen molar-refractivity contribution in [1.29, 1.82) is 0 Å². The summed E-state index contributed by atoms with van der Waals surface area (Å²) in [6.07, 6.45) is 0.146. The van der Waals surface area contributed by atoms with E-state index in [9.17, 15) is 9.59 Å². The number of esters is 1. The second-order valence-corrected chi connectivity index (χ2v) is 5.24. The van der Waals surface area contributed by atoms with Crippen LogP contribution in [0.2, 0.25) is 0 Å². The lowest BCUT2D eigenvalue weighted by atomic mass is 10.1. The first-order valence-electron chi connectivity index (χ1n) is 6.74. The van der Waals surface area contributed by atoms with Crippen LogP contribution in [-0.4, -0.2) is 35.3 Å². The predicted octanol–water partition coefficient (Wildman–Crippen LogP) is 0.988. The molecule has 0 aliphatic carbocycles. The zero-order valence-corrected chi connectivity index (χ0v) is 12.8. The van der Waals surface area contributed by atoms with Gasteiger partial charge in [0.1, 0.15) is 0 Å². The van der Waals surface area contributed by atoms with Crippen molar-refractivity contribution in [3.63, 3.8) is 0 Å². The molecule has 0 spiro atoms. The molecule has 0 radical (unpaired) electrons. The van der Waals surface area contributed by atoms with E-state index in [-0.39, 0.29) is 18.9 Å². The average molecular weight is 281 g/mol. The number of amides is 1. The molecule has 0 aromatic carbocycles. The highest BCUT2D eigenvalue weighted by atomic mass is 16.5. The first-order valence-corrected chi connectivity index (χ1v) is 6.74. The summed E-state index contributed by atoms with van der Waals surface area (Å²) in [5.41, 5.74) is 2.70. The Bertz CT molecular complexity index is 492. The maximum atomic E-state index is 11.7. The molecule has 6 nitrogen and oxygen atoms in total. The van der Waals surface area contributed by atoms with E-state index in [1.165, 1.54) is 7.05 Å². The molecule has 0 saturated carbocycles. The third-order valence-corrected chi connectivity index (χ3v) is 3.03. The third-order valence-electron chi connectivity index (χ3n) is 3.03. The van der Waals surface area contributed by atoms with Crippen LogP contribution in [0, 0.1) is 19.8 Å². The summed E-state index contributed by atoms with van der Waals surface area (Å²) in [5, 5.41) is 6.84. The van der Waals surface area contributed by atoms with Crippen molar-refractivity contribution in [3.05, 3.63) is 17.0 Å². The van der Waals surface area contributed by atoms with Gasteiger partial charge in [-0.3, -0.25) is 14.3 Å². The van der Waals surface area contributed by atoms with Crippen LogP contribution in [0.4, 0.5) is 0 Å². The van der Waals surface area contributed by atoms with Crippen LogP contribution in [0.3, 0.4) is 0 Å². The number of ether oxygens (including phenoxy) is 1. The van der Waals surface area contributed by atoms with Crippen LogP contribution < -0.4 is 5.32 Å². The Hall–Kier alpha value is -1.85. The van der Waals surface area contributed by atoms with E-state index in [1.54, 1.807) is 0 Å². The van der Waals surface area contributed by atoms with Gasteiger partial charge in [0.05, 0.1) is 12.1 Å². The van der Waals surface area contributed by atoms with Gasteiger partial charge in [-0.25, -0.2) is 0 Å². The molecule has 20 heavy (non-hydrogen) atoms. The molecule has 1 rings (SSSR count). The molecule has 0 unspecified atom stereocenters. The minimum absolute atomic E-state index is 0.146. The summed E-state index contributed by atoms with van der Waals surface area (Å²) in [7, 11) is 1.50. The van der Waals surface area contributed by atoms with Gasteiger partial charge in [-0.15, -0.1) is 0 Å². The number of hydrogen-bond donors (Lipinski definition) is 1. The van der Waals surface area contributed by atoms with E-state index in [0.29, 0.717) is 5.92 Å². The molecule has 0 saturated heterocycles. The number of aryl methyl sites for hydroxylation is 1. The average Bonchev–Trinajstić information content (AvgIpc) is 2.63. The van der Waals surface area contributed by atoms with Crippen LogP contribution >= 0.6 is 0 Å². The molecule has 0 fully saturated rings. The molecule has 1 amide bonds. The zero-order chi connectivity index (χ0) is 15.3. The van der Waals surface area contributed by atoms with Gasteiger partial charge in [0.25, 0.3) is 5.91 Å². The molecular weight excluding hydrogens is 258 g/mol. The van der Waals surface area contributed by atoms with Gasteiger partial charge in [-0.1, -0.05) is 13.8 Å². The van der Waals surface area contributed by atoms with Gasteiger partial charge in [0, 0.05) is 24.8 Å². The summed E-state index contributed by atoms with van der Waals surface area (Å²) in [4.78, 5) is 22.8. The van der Waals surface area contributed by atoms with Gasteiger partial charge >= 0.3 is 5.97 Å². The Morgan fingerprint density at radius 1 is 1.35 bits per heavy atom. The lowest BCUT2D eigenvalue weighted by Gasteiger charge is -2.08. The molecule has 0 aliphatic rings. The number of carbonyl (C=O) groups is 2. The lowest BCUT2D eigenvalue weighted by molar-refractivity contribution is -0.147. The summed E-state index contributed by atoms with van der Waals surface area (Å²) >= 11 is 0. The van der Waals surface area contributed by atoms with Gasteiger partial charge in [-0.2, -0.15) is 5.10 Å². The molecule has 1 aromatic rings. The van der Waals surface area contributed by atoms with Crippen molar-refractivity contribution < 1.29 is 14.3 Å². The van der Waals surface area contributed by atoms with Crippen molar-refractivity contribution in [1.82, 2.24) is 15.1 Å². The quantitative estimate of drug-likeness (QED) is 0.789. The summed E-state index contributed by atoms with van der Waals surface area (Å²) in [6, 6.07) is 0. The fraction of sp³-hybridized carbons (Fsp3) is 0.643. The number of nitrogens with zero attached hydrogens (tertiary/aromatic N) is 2. The number of hydrogen-bond acceptors (Lipinski definition) is 4. The molecular formula is C14H23N3O3. The Morgan fingerprint density at radius 2 is 2.00 bits per heavy atom. The van der Waals surface area contributed by atoms with Crippen molar-refractivity contribution in [2.45, 2.75) is 40.7 Å². The van der Waals surface area contributed by atoms with E-state index in [2.05, 4.69) is 24.3 Å². The second-order valence-electron chi connectivity index (χ2n) is 5.24. The molecule has 0 bridgehead atoms. The van der Waals surface area contributed by atoms with Crippen LogP contribution in [0.5, 0.6) is 0 Å². The monoisotopic (exact) mass is 281 g/mol. The van der Waals surface area contributed by atoms with E-state index >= 15 is 0 Å². The number of aromatic nitrogens is 2. The maximum absolute atomic E-state index is 11.7. The van der Waals surface area contributed by atoms with Gasteiger partial charge in [-0.05, 0) is 19.8 Å². The van der Waals surface area contributed by atoms with Gasteiger partial charge < -0.3 is 10.1 Å². The SMILES string of the molecule is CNC(=O)COC(=O)Cc1c(C)nn(CC(C)C)c1C. The minimum atomic E-state index is -0.413. The molecule has 1 heterocycles. The first-order chi connectivity index (χ1) is 9.35. The maximum Gasteiger partial charge on any atom is 0.310 e. The highest BCUT2D eigenvalue weighted by molar-refractivity contribution is 5.81. The van der Waals surface area contributed by atoms with Crippen molar-refractivity contribution in [2.75, 3.05) is 13.7 Å². The largest absolute Gasteiger partial charge is 0.455 e. The standard InChI is InChI=1S/C14H23N3O3/c1-9(2)7-17-11(4)12(10(3)16-17)6-14(19)20-8-13(18)15-5/h9H,6-8H2,1-5H3,(H,15,18). The van der Waals surface area contributed by atoms with E-state index in [0.717, 1.165) is 23.5 Å². The van der Waals surface area contributed by atoms with Crippen LogP contribution in [-0.2, 0) is 27.3 Å². The third kappa shape index (κ3) is 4.36. The fourth-order valence-electron chi connectivity index (χ4n) is 1.93. The highest BCUT2D eigenvalue weighted by Gasteiger charge is 2.16. The second kappa shape index (κ2) is 7.07. The fourth-order valence-corrected chi connectivity index (χ4v) is 1.93. The predicted molar refractivity (Wildman–Crippen MR) is 75.3 cm³/mol. The van der Waals surface area contributed by atoms with E-state index in [4.69, 9.17) is 4.74 Å². The van der Waals surface area contributed by atoms with Crippen LogP contribution in [0.15, 0.2) is 0 Å². The van der Waals surface area contributed by atoms with E-state index in [1.807, 2.05) is 18.5 Å². The van der Waals surface area contributed by atoms with Crippen molar-refractivity contribution in [3.8, 4) is 0 Å². The molecule has 0 aliphatic heterocycles. The Kier molecular flexibility index (Phi) is 5.73.